The largest absolute Gasteiger partial charge is 0.390 e. The van der Waals surface area contributed by atoms with Crippen molar-refractivity contribution in [3.63, 3.8) is 0 Å². The lowest BCUT2D eigenvalue weighted by Gasteiger charge is -2.28. The highest BCUT2D eigenvalue weighted by Gasteiger charge is 2.56. The average Bonchev–Trinajstić information content (AvgIpc) is 2.61. The predicted octanol–water partition coefficient (Wildman–Crippen LogP) is 1.52. The summed E-state index contributed by atoms with van der Waals surface area (Å²) in [5, 5.41) is 10.2. The van der Waals surface area contributed by atoms with E-state index in [9.17, 15) is 5.11 Å². The second kappa shape index (κ2) is 3.00. The van der Waals surface area contributed by atoms with Crippen LogP contribution < -0.4 is 5.73 Å². The Kier molecular flexibility index (Phi) is 2.50. The maximum Gasteiger partial charge on any atom is 0.0690 e. The van der Waals surface area contributed by atoms with Gasteiger partial charge in [0.2, 0.25) is 0 Å². The lowest BCUT2D eigenvalue weighted by Crippen LogP contribution is -2.35. The smallest absolute Gasteiger partial charge is 0.0690 e. The zero-order chi connectivity index (χ0) is 9.41. The van der Waals surface area contributed by atoms with Crippen LogP contribution in [0.2, 0.25) is 0 Å². The zero-order valence-electron chi connectivity index (χ0n) is 8.43. The van der Waals surface area contributed by atoms with E-state index in [-0.39, 0.29) is 0 Å². The fourth-order valence-electron chi connectivity index (χ4n) is 2.23. The lowest BCUT2D eigenvalue weighted by molar-refractivity contribution is -0.00319. The van der Waals surface area contributed by atoms with Crippen LogP contribution in [0.3, 0.4) is 0 Å². The number of nitrogens with two attached hydrogens (primary N) is 1. The van der Waals surface area contributed by atoms with Crippen molar-refractivity contribution in [3.8, 4) is 0 Å². The quantitative estimate of drug-likeness (QED) is 0.673. The first-order valence-corrected chi connectivity index (χ1v) is 4.89. The standard InChI is InChI=1S/C10H21NO/c1-4-10(12,5-6-11)8-7-9(8,2)3/h8,12H,4-7,11H2,1-3H3. The van der Waals surface area contributed by atoms with Crippen molar-refractivity contribution < 1.29 is 5.11 Å². The Morgan fingerprint density at radius 2 is 2.08 bits per heavy atom. The molecule has 2 nitrogen and oxygen atoms in total. The zero-order valence-corrected chi connectivity index (χ0v) is 8.43. The van der Waals surface area contributed by atoms with Crippen LogP contribution in [0.4, 0.5) is 0 Å². The summed E-state index contributed by atoms with van der Waals surface area (Å²) in [6.07, 6.45) is 2.73. The highest BCUT2D eigenvalue weighted by Crippen LogP contribution is 2.58. The van der Waals surface area contributed by atoms with Gasteiger partial charge >= 0.3 is 0 Å². The molecule has 2 unspecified atom stereocenters. The van der Waals surface area contributed by atoms with Crippen LogP contribution in [-0.4, -0.2) is 17.3 Å². The molecule has 1 rings (SSSR count). The van der Waals surface area contributed by atoms with Crippen molar-refractivity contribution in [1.82, 2.24) is 0 Å². The van der Waals surface area contributed by atoms with Gasteiger partial charge in [-0.05, 0) is 37.1 Å². The highest BCUT2D eigenvalue weighted by molar-refractivity contribution is 5.06. The fourth-order valence-corrected chi connectivity index (χ4v) is 2.23. The van der Waals surface area contributed by atoms with Crippen molar-refractivity contribution in [3.05, 3.63) is 0 Å². The van der Waals surface area contributed by atoms with Gasteiger partial charge in [-0.25, -0.2) is 0 Å². The molecule has 1 fully saturated rings. The molecule has 0 heterocycles. The Bertz CT molecular complexity index is 167. The number of hydrogen-bond acceptors (Lipinski definition) is 2. The topological polar surface area (TPSA) is 46.2 Å². The van der Waals surface area contributed by atoms with Gasteiger partial charge in [0.1, 0.15) is 0 Å². The summed E-state index contributed by atoms with van der Waals surface area (Å²) in [7, 11) is 0. The molecule has 0 spiro atoms. The van der Waals surface area contributed by atoms with Crippen molar-refractivity contribution >= 4 is 0 Å². The summed E-state index contributed by atoms with van der Waals surface area (Å²) in [4.78, 5) is 0. The molecule has 0 aromatic rings. The molecule has 1 saturated carbocycles. The van der Waals surface area contributed by atoms with Gasteiger partial charge in [0.05, 0.1) is 5.60 Å². The molecular formula is C10H21NO. The van der Waals surface area contributed by atoms with Crippen LogP contribution in [0.1, 0.15) is 40.0 Å². The van der Waals surface area contributed by atoms with E-state index >= 15 is 0 Å². The van der Waals surface area contributed by atoms with Crippen LogP contribution in [-0.2, 0) is 0 Å². The third-order valence-electron chi connectivity index (χ3n) is 3.35. The fraction of sp³-hybridized carbons (Fsp3) is 1.00. The van der Waals surface area contributed by atoms with E-state index in [4.69, 9.17) is 5.73 Å². The summed E-state index contributed by atoms with van der Waals surface area (Å²) in [6.45, 7) is 7.07. The first kappa shape index (κ1) is 10.0. The minimum absolute atomic E-state index is 0.347. The molecule has 0 aliphatic heterocycles. The van der Waals surface area contributed by atoms with E-state index in [0.717, 1.165) is 19.3 Å². The van der Waals surface area contributed by atoms with Crippen LogP contribution in [0.5, 0.6) is 0 Å². The van der Waals surface area contributed by atoms with Gasteiger partial charge in [-0.15, -0.1) is 0 Å². The predicted molar refractivity (Wildman–Crippen MR) is 50.8 cm³/mol. The Morgan fingerprint density at radius 1 is 1.58 bits per heavy atom. The van der Waals surface area contributed by atoms with Crippen molar-refractivity contribution in [2.45, 2.75) is 45.6 Å². The molecule has 2 heteroatoms. The van der Waals surface area contributed by atoms with Crippen LogP contribution in [0, 0.1) is 11.3 Å². The molecule has 72 valence electrons. The van der Waals surface area contributed by atoms with Gasteiger partial charge < -0.3 is 10.8 Å². The lowest BCUT2D eigenvalue weighted by atomic mass is 9.87. The first-order chi connectivity index (χ1) is 5.46. The van der Waals surface area contributed by atoms with E-state index in [1.54, 1.807) is 0 Å². The molecule has 0 amide bonds. The van der Waals surface area contributed by atoms with Gasteiger partial charge in [0, 0.05) is 0 Å². The van der Waals surface area contributed by atoms with Crippen molar-refractivity contribution in [2.75, 3.05) is 6.54 Å². The second-order valence-corrected chi connectivity index (χ2v) is 4.74. The van der Waals surface area contributed by atoms with Crippen molar-refractivity contribution in [1.29, 1.82) is 0 Å². The monoisotopic (exact) mass is 171 g/mol. The molecule has 2 atom stereocenters. The average molecular weight is 171 g/mol. The summed E-state index contributed by atoms with van der Waals surface area (Å²) < 4.78 is 0. The highest BCUT2D eigenvalue weighted by atomic mass is 16.3. The van der Waals surface area contributed by atoms with E-state index in [2.05, 4.69) is 13.8 Å². The Labute approximate surface area is 75.2 Å². The molecular weight excluding hydrogens is 150 g/mol. The van der Waals surface area contributed by atoms with E-state index in [1.165, 1.54) is 0 Å². The molecule has 0 saturated heterocycles. The summed E-state index contributed by atoms with van der Waals surface area (Å²) >= 11 is 0. The van der Waals surface area contributed by atoms with Gasteiger partial charge in [0.15, 0.2) is 0 Å². The molecule has 1 aliphatic carbocycles. The van der Waals surface area contributed by atoms with Crippen LogP contribution >= 0.6 is 0 Å². The summed E-state index contributed by atoms with van der Waals surface area (Å²) in [5.41, 5.74) is 5.34. The number of aliphatic hydroxyl groups is 1. The van der Waals surface area contributed by atoms with Gasteiger partial charge in [-0.1, -0.05) is 20.8 Å². The Balaban J connectivity index is 2.57. The molecule has 0 aromatic carbocycles. The summed E-state index contributed by atoms with van der Waals surface area (Å²) in [5.74, 6) is 0.471. The minimum Gasteiger partial charge on any atom is -0.390 e. The maximum absolute atomic E-state index is 10.2. The van der Waals surface area contributed by atoms with E-state index in [1.807, 2.05) is 6.92 Å². The first-order valence-electron chi connectivity index (χ1n) is 4.89. The number of hydrogen-bond donors (Lipinski definition) is 2. The normalized spacial score (nSPS) is 31.2. The Hall–Kier alpha value is -0.0800. The Morgan fingerprint density at radius 3 is 2.33 bits per heavy atom. The summed E-state index contributed by atoms with van der Waals surface area (Å²) in [6, 6.07) is 0. The van der Waals surface area contributed by atoms with Crippen LogP contribution in [0.15, 0.2) is 0 Å². The second-order valence-electron chi connectivity index (χ2n) is 4.74. The third kappa shape index (κ3) is 1.64. The number of rotatable bonds is 4. The van der Waals surface area contributed by atoms with Crippen LogP contribution in [0.25, 0.3) is 0 Å². The molecule has 12 heavy (non-hydrogen) atoms. The SMILES string of the molecule is CCC(O)(CCN)C1CC1(C)C. The molecule has 0 bridgehead atoms. The third-order valence-corrected chi connectivity index (χ3v) is 3.35. The van der Waals surface area contributed by atoms with E-state index < -0.39 is 5.60 Å². The maximum atomic E-state index is 10.2. The molecule has 0 radical (unpaired) electrons. The van der Waals surface area contributed by atoms with Gasteiger partial charge in [0.25, 0.3) is 0 Å². The van der Waals surface area contributed by atoms with E-state index in [0.29, 0.717) is 17.9 Å². The molecule has 1 aliphatic rings. The van der Waals surface area contributed by atoms with Gasteiger partial charge in [-0.2, -0.15) is 0 Å². The van der Waals surface area contributed by atoms with Gasteiger partial charge in [-0.3, -0.25) is 0 Å². The minimum atomic E-state index is -0.488. The molecule has 3 N–H and O–H groups in total. The molecule has 0 aromatic heterocycles. The van der Waals surface area contributed by atoms with Crippen molar-refractivity contribution in [2.24, 2.45) is 17.1 Å².